The van der Waals surface area contributed by atoms with E-state index >= 15 is 0 Å². The van der Waals surface area contributed by atoms with Gasteiger partial charge in [0, 0.05) is 27.0 Å². The number of furan rings is 1. The van der Waals surface area contributed by atoms with Gasteiger partial charge in [-0.05, 0) is 61.5 Å². The third-order valence-electron chi connectivity index (χ3n) is 4.79. The molecule has 6 heteroatoms. The van der Waals surface area contributed by atoms with Crippen LogP contribution in [0.3, 0.4) is 0 Å². The summed E-state index contributed by atoms with van der Waals surface area (Å²) in [6, 6.07) is 11.5. The fraction of sp³-hybridized carbons (Fsp3) is 0.182. The first kappa shape index (κ1) is 18.7. The lowest BCUT2D eigenvalue weighted by Crippen LogP contribution is -2.31. The first-order chi connectivity index (χ1) is 13.5. The Labute approximate surface area is 172 Å². The number of aromatic nitrogens is 1. The third-order valence-corrected chi connectivity index (χ3v) is 6.06. The highest BCUT2D eigenvalue weighted by atomic mass is 35.5. The maximum atomic E-state index is 13.5. The van der Waals surface area contributed by atoms with Crippen molar-refractivity contribution >= 4 is 45.6 Å². The highest BCUT2D eigenvalue weighted by Gasteiger charge is 2.27. The highest BCUT2D eigenvalue weighted by molar-refractivity contribution is 7.09. The fourth-order valence-electron chi connectivity index (χ4n) is 3.23. The van der Waals surface area contributed by atoms with Gasteiger partial charge in [-0.15, -0.1) is 11.3 Å². The van der Waals surface area contributed by atoms with Crippen molar-refractivity contribution in [3.8, 4) is 0 Å². The molecule has 0 aliphatic heterocycles. The second kappa shape index (κ2) is 7.41. The Kier molecular flexibility index (Phi) is 4.96. The molecule has 0 saturated heterocycles. The summed E-state index contributed by atoms with van der Waals surface area (Å²) in [5, 5.41) is 3.51. The van der Waals surface area contributed by atoms with E-state index < -0.39 is 0 Å². The van der Waals surface area contributed by atoms with E-state index in [0.29, 0.717) is 28.7 Å². The van der Waals surface area contributed by atoms with Gasteiger partial charge in [0.2, 0.25) is 0 Å². The molecule has 0 radical (unpaired) electrons. The lowest BCUT2D eigenvalue weighted by atomic mass is 10.1. The van der Waals surface area contributed by atoms with Gasteiger partial charge in [0.15, 0.2) is 5.76 Å². The van der Waals surface area contributed by atoms with Crippen LogP contribution in [0, 0.1) is 20.8 Å². The van der Waals surface area contributed by atoms with Gasteiger partial charge in [0.05, 0.1) is 6.54 Å². The Morgan fingerprint density at radius 1 is 1.18 bits per heavy atom. The first-order valence-corrected chi connectivity index (χ1v) is 10.2. The molecule has 0 unspecified atom stereocenters. The van der Waals surface area contributed by atoms with Gasteiger partial charge < -0.3 is 4.42 Å². The van der Waals surface area contributed by atoms with Gasteiger partial charge in [-0.3, -0.25) is 9.69 Å². The van der Waals surface area contributed by atoms with Crippen LogP contribution in [0.1, 0.15) is 32.1 Å². The van der Waals surface area contributed by atoms with Gasteiger partial charge >= 0.3 is 0 Å². The molecule has 3 aromatic heterocycles. The van der Waals surface area contributed by atoms with Crippen LogP contribution in [0.4, 0.5) is 5.82 Å². The second-order valence-corrected chi connectivity index (χ2v) is 8.21. The SMILES string of the molecule is Cc1cc2oc(C(=O)N(Cc3cccs3)c3ncccc3C)c(C)c2cc1Cl. The lowest BCUT2D eigenvalue weighted by molar-refractivity contribution is 0.0959. The molecule has 0 N–H and O–H groups in total. The number of rotatable bonds is 4. The molecule has 0 saturated carbocycles. The number of nitrogens with zero attached hydrogens (tertiary/aromatic N) is 2. The summed E-state index contributed by atoms with van der Waals surface area (Å²) in [4.78, 5) is 20.8. The van der Waals surface area contributed by atoms with Crippen LogP contribution >= 0.6 is 22.9 Å². The summed E-state index contributed by atoms with van der Waals surface area (Å²) in [5.74, 6) is 0.742. The Bertz CT molecular complexity index is 1160. The highest BCUT2D eigenvalue weighted by Crippen LogP contribution is 2.32. The number of carbonyl (C=O) groups excluding carboxylic acids is 1. The number of carbonyl (C=O) groups is 1. The number of hydrogen-bond acceptors (Lipinski definition) is 4. The van der Waals surface area contributed by atoms with E-state index in [-0.39, 0.29) is 5.91 Å². The zero-order valence-electron chi connectivity index (χ0n) is 15.8. The van der Waals surface area contributed by atoms with E-state index in [2.05, 4.69) is 4.98 Å². The van der Waals surface area contributed by atoms with Crippen LogP contribution < -0.4 is 4.90 Å². The van der Waals surface area contributed by atoms with Gasteiger partial charge in [-0.2, -0.15) is 0 Å². The average Bonchev–Trinajstić information content (AvgIpc) is 3.29. The Morgan fingerprint density at radius 3 is 2.71 bits per heavy atom. The van der Waals surface area contributed by atoms with Crippen molar-refractivity contribution in [1.82, 2.24) is 4.98 Å². The Hall–Kier alpha value is -2.63. The van der Waals surface area contributed by atoms with Crippen molar-refractivity contribution in [1.29, 1.82) is 0 Å². The summed E-state index contributed by atoms with van der Waals surface area (Å²) in [5.41, 5.74) is 3.29. The number of fused-ring (bicyclic) bond motifs is 1. The fourth-order valence-corrected chi connectivity index (χ4v) is 4.09. The van der Waals surface area contributed by atoms with Crippen molar-refractivity contribution in [2.45, 2.75) is 27.3 Å². The van der Waals surface area contributed by atoms with E-state index in [0.717, 1.165) is 27.0 Å². The van der Waals surface area contributed by atoms with Gasteiger partial charge in [-0.25, -0.2) is 4.98 Å². The zero-order valence-corrected chi connectivity index (χ0v) is 17.4. The predicted molar refractivity (Wildman–Crippen MR) is 115 cm³/mol. The second-order valence-electron chi connectivity index (χ2n) is 6.77. The number of hydrogen-bond donors (Lipinski definition) is 0. The number of benzene rings is 1. The molecule has 0 atom stereocenters. The van der Waals surface area contributed by atoms with E-state index in [1.54, 1.807) is 22.4 Å². The van der Waals surface area contributed by atoms with E-state index in [1.807, 2.05) is 62.5 Å². The minimum absolute atomic E-state index is 0.210. The monoisotopic (exact) mass is 410 g/mol. The number of anilines is 1. The lowest BCUT2D eigenvalue weighted by Gasteiger charge is -2.22. The molecule has 0 fully saturated rings. The van der Waals surface area contributed by atoms with Crippen molar-refractivity contribution in [2.24, 2.45) is 0 Å². The first-order valence-electron chi connectivity index (χ1n) is 8.91. The average molecular weight is 411 g/mol. The summed E-state index contributed by atoms with van der Waals surface area (Å²) in [7, 11) is 0. The van der Waals surface area contributed by atoms with Crippen LogP contribution in [0.25, 0.3) is 11.0 Å². The molecule has 4 aromatic rings. The molecule has 1 aromatic carbocycles. The summed E-state index contributed by atoms with van der Waals surface area (Å²) >= 11 is 7.88. The molecule has 28 heavy (non-hydrogen) atoms. The summed E-state index contributed by atoms with van der Waals surface area (Å²) < 4.78 is 5.98. The quantitative estimate of drug-likeness (QED) is 0.395. The molecular formula is C22H19ClN2O2S. The predicted octanol–water partition coefficient (Wildman–Crippen LogP) is 6.31. The van der Waals surface area contributed by atoms with Crippen LogP contribution in [0.5, 0.6) is 0 Å². The molecule has 4 nitrogen and oxygen atoms in total. The molecule has 0 aliphatic carbocycles. The number of amides is 1. The minimum Gasteiger partial charge on any atom is -0.451 e. The summed E-state index contributed by atoms with van der Waals surface area (Å²) in [6.45, 7) is 6.19. The van der Waals surface area contributed by atoms with Crippen LogP contribution in [0.15, 0.2) is 52.4 Å². The van der Waals surface area contributed by atoms with Crippen molar-refractivity contribution < 1.29 is 9.21 Å². The molecule has 0 bridgehead atoms. The minimum atomic E-state index is -0.210. The molecule has 1 amide bonds. The Morgan fingerprint density at radius 2 is 2.00 bits per heavy atom. The van der Waals surface area contributed by atoms with Crippen molar-refractivity contribution in [3.63, 3.8) is 0 Å². The smallest absolute Gasteiger partial charge is 0.295 e. The number of aryl methyl sites for hydroxylation is 3. The summed E-state index contributed by atoms with van der Waals surface area (Å²) in [6.07, 6.45) is 1.70. The van der Waals surface area contributed by atoms with Gasteiger partial charge in [0.25, 0.3) is 5.91 Å². The van der Waals surface area contributed by atoms with Crippen LogP contribution in [0.2, 0.25) is 5.02 Å². The molecule has 3 heterocycles. The van der Waals surface area contributed by atoms with E-state index in [1.165, 1.54) is 0 Å². The maximum Gasteiger partial charge on any atom is 0.295 e. The van der Waals surface area contributed by atoms with Crippen LogP contribution in [-0.4, -0.2) is 10.9 Å². The zero-order chi connectivity index (χ0) is 19.8. The van der Waals surface area contributed by atoms with Gasteiger partial charge in [0.1, 0.15) is 11.4 Å². The number of halogens is 1. The Balaban J connectivity index is 1.82. The van der Waals surface area contributed by atoms with Crippen molar-refractivity contribution in [3.05, 3.63) is 80.3 Å². The number of pyridine rings is 1. The topological polar surface area (TPSA) is 46.3 Å². The standard InChI is InChI=1S/C22H19ClN2O2S/c1-13-6-4-8-24-21(13)25(12-16-7-5-9-28-16)22(26)20-15(3)17-11-18(23)14(2)10-19(17)27-20/h4-11H,12H2,1-3H3. The number of thiophene rings is 1. The van der Waals surface area contributed by atoms with Crippen LogP contribution in [-0.2, 0) is 6.54 Å². The third kappa shape index (κ3) is 3.32. The van der Waals surface area contributed by atoms with E-state index in [9.17, 15) is 4.79 Å². The normalized spacial score (nSPS) is 11.1. The molecule has 4 rings (SSSR count). The maximum absolute atomic E-state index is 13.5. The van der Waals surface area contributed by atoms with Crippen molar-refractivity contribution in [2.75, 3.05) is 4.90 Å². The molecular weight excluding hydrogens is 392 g/mol. The molecule has 0 spiro atoms. The van der Waals surface area contributed by atoms with E-state index in [4.69, 9.17) is 16.0 Å². The van der Waals surface area contributed by atoms with Gasteiger partial charge in [-0.1, -0.05) is 23.7 Å². The molecule has 142 valence electrons. The largest absolute Gasteiger partial charge is 0.451 e. The molecule has 0 aliphatic rings.